The molecule has 2 aliphatic rings. The standard InChI is InChI=1S/C15H11F15O/c16-9(17,5-31-8-4-6-1-2-7(8)3-6)10(18,19)11(20,21)12(22,23)13(24,25)14(26,27)15(28,29)30/h1-2,6-8H,3-5H2. The fourth-order valence-corrected chi connectivity index (χ4v) is 3.22. The third kappa shape index (κ3) is 3.56. The fourth-order valence-electron chi connectivity index (χ4n) is 3.22. The zero-order chi connectivity index (χ0) is 24.5. The van der Waals surface area contributed by atoms with Crippen molar-refractivity contribution in [2.24, 2.45) is 11.8 Å². The maximum Gasteiger partial charge on any atom is 0.460 e. The van der Waals surface area contributed by atoms with E-state index in [0.717, 1.165) is 0 Å². The second-order valence-corrected chi connectivity index (χ2v) is 7.20. The molecular formula is C15H11F15O. The van der Waals surface area contributed by atoms with E-state index in [1.165, 1.54) is 6.08 Å². The van der Waals surface area contributed by atoms with E-state index in [-0.39, 0.29) is 12.3 Å². The zero-order valence-corrected chi connectivity index (χ0v) is 14.6. The monoisotopic (exact) mass is 492 g/mol. The van der Waals surface area contributed by atoms with Crippen LogP contribution in [0.25, 0.3) is 0 Å². The molecule has 1 saturated carbocycles. The molecule has 1 nitrogen and oxygen atoms in total. The Labute approximate surface area is 163 Å². The van der Waals surface area contributed by atoms with Crippen LogP contribution in [0.2, 0.25) is 0 Å². The fraction of sp³-hybridized carbons (Fsp3) is 0.867. The molecule has 0 aromatic carbocycles. The molecule has 16 heteroatoms. The van der Waals surface area contributed by atoms with Crippen molar-refractivity contribution < 1.29 is 70.6 Å². The second-order valence-electron chi connectivity index (χ2n) is 7.20. The van der Waals surface area contributed by atoms with E-state index in [4.69, 9.17) is 0 Å². The van der Waals surface area contributed by atoms with Crippen LogP contribution >= 0.6 is 0 Å². The Bertz CT molecular complexity index is 708. The lowest BCUT2D eigenvalue weighted by molar-refractivity contribution is -0.453. The topological polar surface area (TPSA) is 9.23 Å². The van der Waals surface area contributed by atoms with Crippen LogP contribution in [0.1, 0.15) is 12.8 Å². The lowest BCUT2D eigenvalue weighted by Gasteiger charge is -2.41. The maximum absolute atomic E-state index is 13.7. The van der Waals surface area contributed by atoms with Gasteiger partial charge in [0.25, 0.3) is 0 Å². The van der Waals surface area contributed by atoms with Crippen LogP contribution in [-0.4, -0.2) is 54.4 Å². The summed E-state index contributed by atoms with van der Waals surface area (Å²) in [4.78, 5) is 0. The molecule has 3 atom stereocenters. The van der Waals surface area contributed by atoms with Gasteiger partial charge in [-0.3, -0.25) is 0 Å². The number of allylic oxidation sites excluding steroid dienone is 1. The van der Waals surface area contributed by atoms with Crippen molar-refractivity contribution in [3.05, 3.63) is 12.2 Å². The van der Waals surface area contributed by atoms with Crippen LogP contribution in [0, 0.1) is 11.8 Å². The summed E-state index contributed by atoms with van der Waals surface area (Å²) in [5.74, 6) is -47.2. The molecule has 3 unspecified atom stereocenters. The molecule has 0 aliphatic heterocycles. The largest absolute Gasteiger partial charge is 0.460 e. The second kappa shape index (κ2) is 7.07. The zero-order valence-electron chi connectivity index (χ0n) is 14.6. The minimum Gasteiger partial charge on any atom is -0.371 e. The smallest absolute Gasteiger partial charge is 0.371 e. The van der Waals surface area contributed by atoms with E-state index in [1.807, 2.05) is 0 Å². The number of hydrogen-bond donors (Lipinski definition) is 0. The number of hydrogen-bond acceptors (Lipinski definition) is 1. The highest BCUT2D eigenvalue weighted by Crippen LogP contribution is 2.62. The molecule has 182 valence electrons. The molecule has 2 rings (SSSR count). The number of ether oxygens (including phenoxy) is 1. The van der Waals surface area contributed by atoms with Gasteiger partial charge in [0.1, 0.15) is 6.61 Å². The van der Waals surface area contributed by atoms with Crippen molar-refractivity contribution in [1.82, 2.24) is 0 Å². The van der Waals surface area contributed by atoms with E-state index in [1.54, 1.807) is 6.08 Å². The summed E-state index contributed by atoms with van der Waals surface area (Å²) in [7, 11) is 0. The lowest BCUT2D eigenvalue weighted by atomic mass is 9.91. The van der Waals surface area contributed by atoms with Gasteiger partial charge in [-0.2, -0.15) is 65.9 Å². The molecule has 2 bridgehead atoms. The molecule has 0 aromatic heterocycles. The van der Waals surface area contributed by atoms with Gasteiger partial charge < -0.3 is 4.74 Å². The summed E-state index contributed by atoms with van der Waals surface area (Å²) in [5.41, 5.74) is 0. The van der Waals surface area contributed by atoms with Crippen LogP contribution in [-0.2, 0) is 4.74 Å². The highest BCUT2D eigenvalue weighted by atomic mass is 19.4. The SMILES string of the molecule is FC(F)(F)C(F)(F)C(F)(F)C(F)(F)C(F)(F)C(F)(F)C(F)(F)COC1CC2C=CC1C2. The summed E-state index contributed by atoms with van der Waals surface area (Å²) in [6, 6.07) is 0. The third-order valence-corrected chi connectivity index (χ3v) is 5.09. The van der Waals surface area contributed by atoms with Gasteiger partial charge in [-0.05, 0) is 18.8 Å². The molecule has 0 amide bonds. The molecule has 0 heterocycles. The van der Waals surface area contributed by atoms with Gasteiger partial charge in [-0.15, -0.1) is 0 Å². The summed E-state index contributed by atoms with van der Waals surface area (Å²) >= 11 is 0. The van der Waals surface area contributed by atoms with Gasteiger partial charge in [0.2, 0.25) is 0 Å². The van der Waals surface area contributed by atoms with Crippen LogP contribution in [0.15, 0.2) is 12.2 Å². The van der Waals surface area contributed by atoms with Crippen molar-refractivity contribution in [2.45, 2.75) is 60.7 Å². The van der Waals surface area contributed by atoms with E-state index >= 15 is 0 Å². The highest BCUT2D eigenvalue weighted by Gasteiger charge is 2.93. The highest BCUT2D eigenvalue weighted by molar-refractivity contribution is 5.14. The van der Waals surface area contributed by atoms with E-state index in [9.17, 15) is 65.9 Å². The average molecular weight is 492 g/mol. The minimum absolute atomic E-state index is 0.0365. The normalized spacial score (nSPS) is 26.1. The van der Waals surface area contributed by atoms with Gasteiger partial charge in [0.05, 0.1) is 6.10 Å². The van der Waals surface area contributed by atoms with Gasteiger partial charge in [-0.1, -0.05) is 12.2 Å². The quantitative estimate of drug-likeness (QED) is 0.284. The maximum atomic E-state index is 13.7. The first-order valence-corrected chi connectivity index (χ1v) is 8.18. The van der Waals surface area contributed by atoms with Crippen LogP contribution in [0.5, 0.6) is 0 Å². The summed E-state index contributed by atoms with van der Waals surface area (Å²) in [6.07, 6.45) is -5.54. The Morgan fingerprint density at radius 3 is 1.42 bits per heavy atom. The Balaban J connectivity index is 2.32. The molecule has 0 radical (unpaired) electrons. The predicted molar refractivity (Wildman–Crippen MR) is 70.8 cm³/mol. The van der Waals surface area contributed by atoms with Gasteiger partial charge >= 0.3 is 41.7 Å². The first-order valence-electron chi connectivity index (χ1n) is 8.18. The van der Waals surface area contributed by atoms with Crippen LogP contribution in [0.3, 0.4) is 0 Å². The predicted octanol–water partition coefficient (Wildman–Crippen LogP) is 6.34. The molecule has 2 aliphatic carbocycles. The molecule has 0 saturated heterocycles. The third-order valence-electron chi connectivity index (χ3n) is 5.09. The van der Waals surface area contributed by atoms with Crippen molar-refractivity contribution in [1.29, 1.82) is 0 Å². The average Bonchev–Trinajstić information content (AvgIpc) is 3.21. The molecule has 0 spiro atoms. The van der Waals surface area contributed by atoms with Gasteiger partial charge in [0, 0.05) is 5.92 Å². The molecule has 0 aromatic rings. The Kier molecular flexibility index (Phi) is 5.91. The molecular weight excluding hydrogens is 481 g/mol. The first-order chi connectivity index (χ1) is 13.5. The minimum atomic E-state index is -8.26. The van der Waals surface area contributed by atoms with Gasteiger partial charge in [-0.25, -0.2) is 0 Å². The first kappa shape index (κ1) is 25.9. The lowest BCUT2D eigenvalue weighted by Crippen LogP contribution is -2.73. The number of rotatable bonds is 8. The van der Waals surface area contributed by atoms with Crippen molar-refractivity contribution in [3.8, 4) is 0 Å². The molecule has 31 heavy (non-hydrogen) atoms. The summed E-state index contributed by atoms with van der Waals surface area (Å²) in [5, 5.41) is 0. The summed E-state index contributed by atoms with van der Waals surface area (Å²) < 4.78 is 200. The number of alkyl halides is 15. The van der Waals surface area contributed by atoms with E-state index in [2.05, 4.69) is 4.74 Å². The van der Waals surface area contributed by atoms with Crippen molar-refractivity contribution in [3.63, 3.8) is 0 Å². The Morgan fingerprint density at radius 1 is 0.581 bits per heavy atom. The van der Waals surface area contributed by atoms with Gasteiger partial charge in [0.15, 0.2) is 0 Å². The molecule has 1 fully saturated rings. The van der Waals surface area contributed by atoms with Crippen molar-refractivity contribution in [2.75, 3.05) is 6.61 Å². The van der Waals surface area contributed by atoms with Crippen LogP contribution in [0.4, 0.5) is 65.9 Å². The van der Waals surface area contributed by atoms with E-state index < -0.39 is 60.3 Å². The van der Waals surface area contributed by atoms with Crippen molar-refractivity contribution >= 4 is 0 Å². The Morgan fingerprint density at radius 2 is 1.03 bits per heavy atom. The van der Waals surface area contributed by atoms with Crippen LogP contribution < -0.4 is 0 Å². The van der Waals surface area contributed by atoms with E-state index in [0.29, 0.717) is 6.42 Å². The number of halogens is 15. The number of fused-ring (bicyclic) bond motifs is 2. The Hall–Kier alpha value is -1.35. The summed E-state index contributed by atoms with van der Waals surface area (Å²) in [6.45, 7) is -2.71. The molecule has 0 N–H and O–H groups in total.